The van der Waals surface area contributed by atoms with Crippen molar-refractivity contribution in [3.05, 3.63) is 65.2 Å². The van der Waals surface area contributed by atoms with Crippen molar-refractivity contribution in [1.82, 2.24) is 4.90 Å². The van der Waals surface area contributed by atoms with Crippen molar-refractivity contribution >= 4 is 17.7 Å². The second-order valence-corrected chi connectivity index (χ2v) is 7.58. The summed E-state index contributed by atoms with van der Waals surface area (Å²) < 4.78 is 4.98. The molecule has 29 heavy (non-hydrogen) atoms. The Morgan fingerprint density at radius 3 is 2.62 bits per heavy atom. The second-order valence-electron chi connectivity index (χ2n) is 7.58. The summed E-state index contributed by atoms with van der Waals surface area (Å²) in [6.07, 6.45) is 4.52. The highest BCUT2D eigenvalue weighted by molar-refractivity contribution is 5.89. The Morgan fingerprint density at radius 2 is 1.90 bits per heavy atom. The number of hydrogen-bond acceptors (Lipinski definition) is 3. The third kappa shape index (κ3) is 5.83. The lowest BCUT2D eigenvalue weighted by Crippen LogP contribution is -2.38. The van der Waals surface area contributed by atoms with Crippen molar-refractivity contribution in [2.24, 2.45) is 0 Å². The molecular formula is C24H30N2O3. The Hall–Kier alpha value is -2.82. The van der Waals surface area contributed by atoms with Crippen molar-refractivity contribution < 1.29 is 14.3 Å². The Morgan fingerprint density at radius 1 is 1.10 bits per heavy atom. The number of ether oxygens (including phenoxy) is 1. The Balaban J connectivity index is 1.69. The first-order valence-corrected chi connectivity index (χ1v) is 10.5. The zero-order valence-electron chi connectivity index (χ0n) is 17.3. The fraction of sp³-hybridized carbons (Fsp3) is 0.417. The average molecular weight is 395 g/mol. The number of aryl methyl sites for hydroxylation is 1. The van der Waals surface area contributed by atoms with Gasteiger partial charge in [0.1, 0.15) is 0 Å². The predicted molar refractivity (Wildman–Crippen MR) is 115 cm³/mol. The van der Waals surface area contributed by atoms with Gasteiger partial charge in [0.2, 0.25) is 0 Å². The first-order chi connectivity index (χ1) is 14.1. The molecule has 1 saturated heterocycles. The smallest absolute Gasteiger partial charge is 0.322 e. The Bertz CT molecular complexity index is 832. The molecule has 0 radical (unpaired) electrons. The van der Waals surface area contributed by atoms with Gasteiger partial charge in [0, 0.05) is 12.2 Å². The minimum atomic E-state index is -0.241. The van der Waals surface area contributed by atoms with Crippen molar-refractivity contribution in [1.29, 1.82) is 0 Å². The van der Waals surface area contributed by atoms with Crippen LogP contribution in [0.2, 0.25) is 0 Å². The van der Waals surface area contributed by atoms with Crippen LogP contribution in [-0.2, 0) is 16.0 Å². The normalized spacial score (nSPS) is 16.8. The highest BCUT2D eigenvalue weighted by Gasteiger charge is 2.27. The SMILES string of the molecule is CCOC(=O)Cc1ccc(NC(=O)N2CCCCC[C@@H]2c2cccc(C)c2)cc1. The standard InChI is InChI=1S/C24H30N2O3/c1-3-29-23(27)17-19-11-13-21(14-12-19)25-24(28)26-15-6-4-5-10-22(26)20-9-7-8-18(2)16-20/h7-9,11-14,16,22H,3-6,10,15,17H2,1-2H3,(H,25,28)/t22-/m1/s1. The third-order valence-corrected chi connectivity index (χ3v) is 5.30. The van der Waals surface area contributed by atoms with Gasteiger partial charge in [-0.3, -0.25) is 4.79 Å². The van der Waals surface area contributed by atoms with E-state index >= 15 is 0 Å². The fourth-order valence-corrected chi connectivity index (χ4v) is 3.86. The Labute approximate surface area is 173 Å². The van der Waals surface area contributed by atoms with Crippen LogP contribution < -0.4 is 5.32 Å². The lowest BCUT2D eigenvalue weighted by Gasteiger charge is -2.31. The van der Waals surface area contributed by atoms with Crippen LogP contribution in [0.25, 0.3) is 0 Å². The summed E-state index contributed by atoms with van der Waals surface area (Å²) in [5.41, 5.74) is 4.01. The molecule has 1 aliphatic heterocycles. The van der Waals surface area contributed by atoms with E-state index in [0.717, 1.165) is 43.5 Å². The molecule has 0 aromatic heterocycles. The molecule has 1 aliphatic rings. The van der Waals surface area contributed by atoms with Gasteiger partial charge in [0.15, 0.2) is 0 Å². The molecule has 154 valence electrons. The number of esters is 1. The van der Waals surface area contributed by atoms with E-state index in [0.29, 0.717) is 6.61 Å². The molecule has 0 bridgehead atoms. The fourth-order valence-electron chi connectivity index (χ4n) is 3.86. The molecule has 1 atom stereocenters. The van der Waals surface area contributed by atoms with Crippen molar-refractivity contribution in [3.8, 4) is 0 Å². The largest absolute Gasteiger partial charge is 0.466 e. The maximum absolute atomic E-state index is 13.1. The van der Waals surface area contributed by atoms with Crippen LogP contribution in [0.3, 0.4) is 0 Å². The van der Waals surface area contributed by atoms with E-state index in [1.807, 2.05) is 29.2 Å². The predicted octanol–water partition coefficient (Wildman–Crippen LogP) is 5.25. The molecule has 0 aliphatic carbocycles. The number of rotatable bonds is 5. The van der Waals surface area contributed by atoms with E-state index in [1.54, 1.807) is 6.92 Å². The number of likely N-dealkylation sites (tertiary alicyclic amines) is 1. The molecule has 1 N–H and O–H groups in total. The second kappa shape index (κ2) is 10.1. The van der Waals surface area contributed by atoms with E-state index in [9.17, 15) is 9.59 Å². The number of benzene rings is 2. The van der Waals surface area contributed by atoms with Crippen LogP contribution >= 0.6 is 0 Å². The molecule has 2 amide bonds. The summed E-state index contributed by atoms with van der Waals surface area (Å²) in [7, 11) is 0. The maximum Gasteiger partial charge on any atom is 0.322 e. The molecule has 3 rings (SSSR count). The first kappa shape index (κ1) is 20.9. The number of urea groups is 1. The molecule has 2 aromatic carbocycles. The quantitative estimate of drug-likeness (QED) is 0.705. The summed E-state index contributed by atoms with van der Waals surface area (Å²) >= 11 is 0. The number of anilines is 1. The zero-order valence-corrected chi connectivity index (χ0v) is 17.3. The van der Waals surface area contributed by atoms with E-state index in [4.69, 9.17) is 4.74 Å². The van der Waals surface area contributed by atoms with Gasteiger partial charge in [0.25, 0.3) is 0 Å². The van der Waals surface area contributed by atoms with E-state index in [-0.39, 0.29) is 24.5 Å². The van der Waals surface area contributed by atoms with Crippen LogP contribution in [0.15, 0.2) is 48.5 Å². The number of carbonyl (C=O) groups is 2. The number of amides is 2. The van der Waals surface area contributed by atoms with Gasteiger partial charge < -0.3 is 15.0 Å². The molecule has 0 spiro atoms. The molecule has 1 fully saturated rings. The Kier molecular flexibility index (Phi) is 7.28. The maximum atomic E-state index is 13.1. The molecule has 1 heterocycles. The first-order valence-electron chi connectivity index (χ1n) is 10.5. The van der Waals surface area contributed by atoms with Crippen LogP contribution in [0.5, 0.6) is 0 Å². The van der Waals surface area contributed by atoms with E-state index in [2.05, 4.69) is 36.5 Å². The summed E-state index contributed by atoms with van der Waals surface area (Å²) in [4.78, 5) is 26.7. The number of nitrogens with zero attached hydrogens (tertiary/aromatic N) is 1. The number of carbonyl (C=O) groups excluding carboxylic acids is 2. The van der Waals surface area contributed by atoms with E-state index in [1.165, 1.54) is 11.1 Å². The van der Waals surface area contributed by atoms with E-state index < -0.39 is 0 Å². The lowest BCUT2D eigenvalue weighted by atomic mass is 9.99. The summed E-state index contributed by atoms with van der Waals surface area (Å²) in [6.45, 7) is 5.02. The number of hydrogen-bond donors (Lipinski definition) is 1. The summed E-state index contributed by atoms with van der Waals surface area (Å²) in [5, 5.41) is 3.03. The van der Waals surface area contributed by atoms with Gasteiger partial charge in [-0.1, -0.05) is 54.8 Å². The number of nitrogens with one attached hydrogen (secondary N) is 1. The third-order valence-electron chi connectivity index (χ3n) is 5.30. The molecule has 5 heteroatoms. The minimum absolute atomic E-state index is 0.0726. The molecular weight excluding hydrogens is 364 g/mol. The zero-order chi connectivity index (χ0) is 20.6. The monoisotopic (exact) mass is 394 g/mol. The van der Waals surface area contributed by atoms with Gasteiger partial charge >= 0.3 is 12.0 Å². The van der Waals surface area contributed by atoms with Gasteiger partial charge in [0.05, 0.1) is 19.1 Å². The summed E-state index contributed by atoms with van der Waals surface area (Å²) in [6, 6.07) is 15.9. The van der Waals surface area contributed by atoms with Gasteiger partial charge in [-0.25, -0.2) is 4.79 Å². The topological polar surface area (TPSA) is 58.6 Å². The van der Waals surface area contributed by atoms with Crippen LogP contribution in [0.1, 0.15) is 55.3 Å². The molecule has 2 aromatic rings. The van der Waals surface area contributed by atoms with Gasteiger partial charge in [-0.2, -0.15) is 0 Å². The van der Waals surface area contributed by atoms with Crippen LogP contribution in [0.4, 0.5) is 10.5 Å². The lowest BCUT2D eigenvalue weighted by molar-refractivity contribution is -0.142. The highest BCUT2D eigenvalue weighted by atomic mass is 16.5. The van der Waals surface area contributed by atoms with Crippen molar-refractivity contribution in [2.75, 3.05) is 18.5 Å². The average Bonchev–Trinajstić information content (AvgIpc) is 2.96. The van der Waals surface area contributed by atoms with Gasteiger partial charge in [-0.05, 0) is 49.9 Å². The van der Waals surface area contributed by atoms with Crippen LogP contribution in [0, 0.1) is 6.92 Å². The highest BCUT2D eigenvalue weighted by Crippen LogP contribution is 2.31. The van der Waals surface area contributed by atoms with Crippen LogP contribution in [-0.4, -0.2) is 30.1 Å². The molecule has 5 nitrogen and oxygen atoms in total. The molecule has 0 saturated carbocycles. The molecule has 0 unspecified atom stereocenters. The van der Waals surface area contributed by atoms with Gasteiger partial charge in [-0.15, -0.1) is 0 Å². The minimum Gasteiger partial charge on any atom is -0.466 e. The van der Waals surface area contributed by atoms with Crippen molar-refractivity contribution in [2.45, 2.75) is 52.0 Å². The van der Waals surface area contributed by atoms with Crippen molar-refractivity contribution in [3.63, 3.8) is 0 Å². The summed E-state index contributed by atoms with van der Waals surface area (Å²) in [5.74, 6) is -0.241.